The molecule has 1 aromatic heterocycles. The van der Waals surface area contributed by atoms with Crippen LogP contribution in [0, 0.1) is 29.6 Å². The second-order valence-electron chi connectivity index (χ2n) is 7.18. The molecular formula is C16H25N3. The van der Waals surface area contributed by atoms with Crippen LogP contribution < -0.4 is 5.73 Å². The lowest BCUT2D eigenvalue weighted by atomic mass is 9.52. The summed E-state index contributed by atoms with van der Waals surface area (Å²) in [7, 11) is 0. The first kappa shape index (κ1) is 11.8. The van der Waals surface area contributed by atoms with E-state index in [2.05, 4.69) is 16.5 Å². The van der Waals surface area contributed by atoms with Crippen LogP contribution in [0.3, 0.4) is 0 Å². The van der Waals surface area contributed by atoms with E-state index in [-0.39, 0.29) is 0 Å². The maximum Gasteiger partial charge on any atom is 0.126 e. The Morgan fingerprint density at radius 1 is 1.16 bits per heavy atom. The second kappa shape index (κ2) is 4.26. The average molecular weight is 259 g/mol. The Kier molecular flexibility index (Phi) is 2.64. The molecule has 2 N–H and O–H groups in total. The number of aryl methyl sites for hydroxylation is 1. The number of hydrogen-bond acceptors (Lipinski definition) is 2. The lowest BCUT2D eigenvalue weighted by Gasteiger charge is -2.54. The first-order chi connectivity index (χ1) is 9.24. The van der Waals surface area contributed by atoms with Crippen molar-refractivity contribution in [3.63, 3.8) is 0 Å². The fraction of sp³-hybridized carbons (Fsp3) is 0.812. The predicted molar refractivity (Wildman–Crippen MR) is 76.6 cm³/mol. The first-order valence-electron chi connectivity index (χ1n) is 8.04. The van der Waals surface area contributed by atoms with Gasteiger partial charge in [-0.05, 0) is 68.1 Å². The highest BCUT2D eigenvalue weighted by Gasteiger charge is 2.48. The maximum atomic E-state index is 6.22. The number of nitrogen functional groups attached to an aromatic ring is 1. The molecule has 0 spiro atoms. The minimum absolute atomic E-state index is 0.869. The average Bonchev–Trinajstić information content (AvgIpc) is 2.74. The highest BCUT2D eigenvalue weighted by Crippen LogP contribution is 2.56. The van der Waals surface area contributed by atoms with Gasteiger partial charge in [-0.3, -0.25) is 0 Å². The number of hydrogen-bond donors (Lipinski definition) is 1. The van der Waals surface area contributed by atoms with Crippen molar-refractivity contribution in [3.05, 3.63) is 12.0 Å². The Labute approximate surface area is 115 Å². The van der Waals surface area contributed by atoms with Gasteiger partial charge in [-0.15, -0.1) is 0 Å². The molecule has 104 valence electrons. The molecule has 4 bridgehead atoms. The van der Waals surface area contributed by atoms with E-state index in [0.29, 0.717) is 0 Å². The molecule has 1 aromatic rings. The largest absolute Gasteiger partial charge is 0.384 e. The van der Waals surface area contributed by atoms with Gasteiger partial charge in [0.15, 0.2) is 0 Å². The van der Waals surface area contributed by atoms with Crippen LogP contribution >= 0.6 is 0 Å². The SMILES string of the molecule is CCc1ncn(CC2C3CC4CC(C3)CC2C4)c1N. The van der Waals surface area contributed by atoms with E-state index < -0.39 is 0 Å². The van der Waals surface area contributed by atoms with Crippen LogP contribution in [-0.2, 0) is 13.0 Å². The summed E-state index contributed by atoms with van der Waals surface area (Å²) in [6.45, 7) is 3.25. The second-order valence-corrected chi connectivity index (χ2v) is 7.18. The summed E-state index contributed by atoms with van der Waals surface area (Å²) in [6, 6.07) is 0. The van der Waals surface area contributed by atoms with Crippen molar-refractivity contribution in [1.29, 1.82) is 0 Å². The highest BCUT2D eigenvalue weighted by atomic mass is 15.1. The summed E-state index contributed by atoms with van der Waals surface area (Å²) in [5.41, 5.74) is 7.29. The zero-order valence-corrected chi connectivity index (χ0v) is 11.9. The van der Waals surface area contributed by atoms with Crippen LogP contribution in [0.1, 0.15) is 44.7 Å². The standard InChI is InChI=1S/C16H25N3/c1-2-15-16(17)19(9-18-15)8-14-12-4-10-3-11(6-12)7-13(14)5-10/h9-14H,2-8,17H2,1H3. The van der Waals surface area contributed by atoms with Crippen LogP contribution in [0.4, 0.5) is 5.82 Å². The Morgan fingerprint density at radius 2 is 1.79 bits per heavy atom. The lowest BCUT2D eigenvalue weighted by molar-refractivity contribution is -0.0428. The van der Waals surface area contributed by atoms with Gasteiger partial charge in [0.05, 0.1) is 12.0 Å². The zero-order valence-electron chi connectivity index (χ0n) is 11.9. The van der Waals surface area contributed by atoms with E-state index >= 15 is 0 Å². The smallest absolute Gasteiger partial charge is 0.126 e. The van der Waals surface area contributed by atoms with Gasteiger partial charge in [-0.1, -0.05) is 6.92 Å². The summed E-state index contributed by atoms with van der Waals surface area (Å²) in [5.74, 6) is 5.85. The molecule has 1 heterocycles. The van der Waals surface area contributed by atoms with Crippen LogP contribution in [-0.4, -0.2) is 9.55 Å². The summed E-state index contributed by atoms with van der Waals surface area (Å²) in [6.07, 6.45) is 10.4. The molecule has 0 aromatic carbocycles. The highest BCUT2D eigenvalue weighted by molar-refractivity contribution is 5.35. The molecule has 3 nitrogen and oxygen atoms in total. The van der Waals surface area contributed by atoms with Gasteiger partial charge < -0.3 is 10.3 Å². The normalized spacial score (nSPS) is 39.9. The third kappa shape index (κ3) is 1.81. The zero-order chi connectivity index (χ0) is 13.0. The van der Waals surface area contributed by atoms with Crippen molar-refractivity contribution in [2.45, 2.75) is 52.0 Å². The van der Waals surface area contributed by atoms with Crippen LogP contribution in [0.25, 0.3) is 0 Å². The van der Waals surface area contributed by atoms with Crippen LogP contribution in [0.15, 0.2) is 6.33 Å². The van der Waals surface area contributed by atoms with E-state index in [1.807, 2.05) is 6.33 Å². The maximum absolute atomic E-state index is 6.22. The molecule has 3 heteroatoms. The minimum atomic E-state index is 0.869. The Morgan fingerprint density at radius 3 is 2.32 bits per heavy atom. The number of nitrogens with two attached hydrogens (primary N) is 1. The predicted octanol–water partition coefficient (Wildman–Crippen LogP) is 3.10. The fourth-order valence-corrected chi connectivity index (χ4v) is 5.41. The van der Waals surface area contributed by atoms with Gasteiger partial charge in [0.25, 0.3) is 0 Å². The third-order valence-corrected chi connectivity index (χ3v) is 6.12. The van der Waals surface area contributed by atoms with Crippen molar-refractivity contribution in [3.8, 4) is 0 Å². The van der Waals surface area contributed by atoms with Gasteiger partial charge in [0.1, 0.15) is 5.82 Å². The third-order valence-electron chi connectivity index (χ3n) is 6.12. The van der Waals surface area contributed by atoms with Crippen molar-refractivity contribution >= 4 is 5.82 Å². The summed E-state index contributed by atoms with van der Waals surface area (Å²) in [5, 5.41) is 0. The number of anilines is 1. The molecule has 19 heavy (non-hydrogen) atoms. The summed E-state index contributed by atoms with van der Waals surface area (Å²) in [4.78, 5) is 4.46. The number of rotatable bonds is 3. The van der Waals surface area contributed by atoms with Crippen molar-refractivity contribution in [2.24, 2.45) is 29.6 Å². The fourth-order valence-electron chi connectivity index (χ4n) is 5.41. The summed E-state index contributed by atoms with van der Waals surface area (Å²) < 4.78 is 2.23. The Balaban J connectivity index is 1.55. The molecule has 0 saturated heterocycles. The molecule has 4 fully saturated rings. The van der Waals surface area contributed by atoms with Gasteiger partial charge in [-0.2, -0.15) is 0 Å². The van der Waals surface area contributed by atoms with Gasteiger partial charge >= 0.3 is 0 Å². The van der Waals surface area contributed by atoms with Crippen molar-refractivity contribution < 1.29 is 0 Å². The monoisotopic (exact) mass is 259 g/mol. The molecule has 0 atom stereocenters. The number of aromatic nitrogens is 2. The van der Waals surface area contributed by atoms with E-state index in [0.717, 1.165) is 54.1 Å². The summed E-state index contributed by atoms with van der Waals surface area (Å²) >= 11 is 0. The van der Waals surface area contributed by atoms with E-state index in [1.165, 1.54) is 32.1 Å². The molecular weight excluding hydrogens is 234 g/mol. The number of imidazole rings is 1. The van der Waals surface area contributed by atoms with E-state index in [1.54, 1.807) is 0 Å². The number of nitrogens with zero attached hydrogens (tertiary/aromatic N) is 2. The van der Waals surface area contributed by atoms with E-state index in [9.17, 15) is 0 Å². The van der Waals surface area contributed by atoms with E-state index in [4.69, 9.17) is 5.73 Å². The topological polar surface area (TPSA) is 43.8 Å². The first-order valence-corrected chi connectivity index (χ1v) is 8.04. The molecule has 5 rings (SSSR count). The molecule has 0 amide bonds. The minimum Gasteiger partial charge on any atom is -0.384 e. The van der Waals surface area contributed by atoms with Gasteiger partial charge in [0.2, 0.25) is 0 Å². The van der Waals surface area contributed by atoms with Gasteiger partial charge in [-0.25, -0.2) is 4.98 Å². The Hall–Kier alpha value is -0.990. The molecule has 0 unspecified atom stereocenters. The van der Waals surface area contributed by atoms with Crippen molar-refractivity contribution in [1.82, 2.24) is 9.55 Å². The molecule has 4 saturated carbocycles. The molecule has 0 radical (unpaired) electrons. The quantitative estimate of drug-likeness (QED) is 0.906. The van der Waals surface area contributed by atoms with Crippen molar-refractivity contribution in [2.75, 3.05) is 5.73 Å². The lowest BCUT2D eigenvalue weighted by Crippen LogP contribution is -2.46. The van der Waals surface area contributed by atoms with Gasteiger partial charge in [0, 0.05) is 6.54 Å². The molecule has 4 aliphatic rings. The van der Waals surface area contributed by atoms with Crippen LogP contribution in [0.5, 0.6) is 0 Å². The van der Waals surface area contributed by atoms with Crippen LogP contribution in [0.2, 0.25) is 0 Å². The molecule has 0 aliphatic heterocycles. The molecule has 4 aliphatic carbocycles. The Bertz CT molecular complexity index is 448.